The number of guanidine groups is 1. The number of hydrogen-bond acceptors (Lipinski definition) is 5. The molecule has 0 aliphatic rings. The van der Waals surface area contributed by atoms with Crippen molar-refractivity contribution in [3.8, 4) is 17.5 Å². The Morgan fingerprint density at radius 2 is 1.82 bits per heavy atom. The van der Waals surface area contributed by atoms with Crippen molar-refractivity contribution in [3.05, 3.63) is 71.9 Å². The first-order valence-electron chi connectivity index (χ1n) is 11.3. The summed E-state index contributed by atoms with van der Waals surface area (Å²) in [7, 11) is 0. The summed E-state index contributed by atoms with van der Waals surface area (Å²) >= 11 is 0. The zero-order valence-electron chi connectivity index (χ0n) is 19.0. The van der Waals surface area contributed by atoms with E-state index < -0.39 is 0 Å². The summed E-state index contributed by atoms with van der Waals surface area (Å²) in [5, 5.41) is 20.7. The van der Waals surface area contributed by atoms with Crippen molar-refractivity contribution in [2.24, 2.45) is 4.99 Å². The minimum atomic E-state index is 0.374. The predicted octanol–water partition coefficient (Wildman–Crippen LogP) is 3.28. The minimum Gasteiger partial charge on any atom is -0.494 e. The van der Waals surface area contributed by atoms with E-state index in [1.54, 1.807) is 4.68 Å². The second-order valence-corrected chi connectivity index (χ2v) is 7.37. The van der Waals surface area contributed by atoms with Gasteiger partial charge in [0.25, 0.3) is 0 Å². The number of nitrogens with zero attached hydrogens (tertiary/aromatic N) is 4. The number of aliphatic imine (C=N–C) groups is 1. The van der Waals surface area contributed by atoms with Crippen LogP contribution in [0.3, 0.4) is 0 Å². The van der Waals surface area contributed by atoms with Crippen molar-refractivity contribution in [1.29, 1.82) is 5.26 Å². The maximum absolute atomic E-state index is 9.55. The van der Waals surface area contributed by atoms with Crippen molar-refractivity contribution in [1.82, 2.24) is 20.4 Å². The number of nitrogens with one attached hydrogen (secondary N) is 2. The normalized spacial score (nSPS) is 11.1. The number of anilines is 1. The Kier molecular flexibility index (Phi) is 9.16. The lowest BCUT2D eigenvalue weighted by Crippen LogP contribution is -2.38. The van der Waals surface area contributed by atoms with Crippen LogP contribution in [0.4, 0.5) is 5.82 Å². The molecular formula is C25H31N7O. The van der Waals surface area contributed by atoms with Crippen LogP contribution in [0.1, 0.15) is 31.0 Å². The van der Waals surface area contributed by atoms with Crippen molar-refractivity contribution >= 4 is 11.8 Å². The monoisotopic (exact) mass is 445 g/mol. The van der Waals surface area contributed by atoms with Gasteiger partial charge in [-0.2, -0.15) is 10.4 Å². The molecule has 4 N–H and O–H groups in total. The predicted molar refractivity (Wildman–Crippen MR) is 132 cm³/mol. The lowest BCUT2D eigenvalue weighted by Gasteiger charge is -2.11. The molecule has 8 heteroatoms. The summed E-state index contributed by atoms with van der Waals surface area (Å²) in [4.78, 5) is 4.60. The topological polar surface area (TPSA) is 113 Å². The number of aryl methyl sites for hydroxylation is 1. The molecule has 8 nitrogen and oxygen atoms in total. The Morgan fingerprint density at radius 3 is 2.52 bits per heavy atom. The van der Waals surface area contributed by atoms with Gasteiger partial charge < -0.3 is 21.1 Å². The Hall–Kier alpha value is -3.99. The van der Waals surface area contributed by atoms with Crippen molar-refractivity contribution in [2.75, 3.05) is 32.0 Å². The summed E-state index contributed by atoms with van der Waals surface area (Å²) in [6, 6.07) is 21.6. The van der Waals surface area contributed by atoms with E-state index in [0.717, 1.165) is 36.8 Å². The quantitative estimate of drug-likeness (QED) is 0.237. The molecule has 172 valence electrons. The second kappa shape index (κ2) is 12.8. The van der Waals surface area contributed by atoms with Crippen LogP contribution in [0, 0.1) is 11.3 Å². The molecule has 0 saturated heterocycles. The highest BCUT2D eigenvalue weighted by Gasteiger charge is 2.16. The second-order valence-electron chi connectivity index (χ2n) is 7.37. The number of nitrogen functional groups attached to an aromatic ring is 1. The molecular weight excluding hydrogens is 414 g/mol. The fourth-order valence-electron chi connectivity index (χ4n) is 3.31. The van der Waals surface area contributed by atoms with E-state index in [4.69, 9.17) is 10.5 Å². The Bertz CT molecular complexity index is 1060. The molecule has 1 heterocycles. The summed E-state index contributed by atoms with van der Waals surface area (Å²) in [5.74, 6) is 2.02. The number of aromatic nitrogens is 2. The molecule has 33 heavy (non-hydrogen) atoms. The van der Waals surface area contributed by atoms with Crippen LogP contribution in [-0.4, -0.2) is 42.0 Å². The smallest absolute Gasteiger partial charge is 0.191 e. The zero-order chi connectivity index (χ0) is 23.3. The molecule has 0 amide bonds. The van der Waals surface area contributed by atoms with Gasteiger partial charge in [-0.1, -0.05) is 36.4 Å². The minimum absolute atomic E-state index is 0.374. The first-order chi connectivity index (χ1) is 16.2. The summed E-state index contributed by atoms with van der Waals surface area (Å²) in [6.45, 7) is 4.81. The van der Waals surface area contributed by atoms with Gasteiger partial charge in [-0.05, 0) is 44.0 Å². The maximum atomic E-state index is 9.55. The fraction of sp³-hybridized carbons (Fsp3) is 0.320. The van der Waals surface area contributed by atoms with E-state index in [9.17, 15) is 5.26 Å². The number of ether oxygens (including phenoxy) is 1. The Balaban J connectivity index is 1.47. The largest absolute Gasteiger partial charge is 0.494 e. The van der Waals surface area contributed by atoms with Gasteiger partial charge in [-0.25, -0.2) is 4.68 Å². The molecule has 0 saturated carbocycles. The van der Waals surface area contributed by atoms with E-state index in [1.807, 2.05) is 67.6 Å². The van der Waals surface area contributed by atoms with Crippen LogP contribution in [0.2, 0.25) is 0 Å². The third kappa shape index (κ3) is 7.01. The maximum Gasteiger partial charge on any atom is 0.191 e. The number of nitriles is 1. The van der Waals surface area contributed by atoms with Crippen molar-refractivity contribution in [2.45, 2.75) is 26.2 Å². The van der Waals surface area contributed by atoms with Gasteiger partial charge in [0.15, 0.2) is 5.96 Å². The van der Waals surface area contributed by atoms with Gasteiger partial charge in [0.05, 0.1) is 18.0 Å². The van der Waals surface area contributed by atoms with Crippen LogP contribution in [0.5, 0.6) is 5.75 Å². The van der Waals surface area contributed by atoms with Crippen LogP contribution < -0.4 is 21.1 Å². The van der Waals surface area contributed by atoms with Crippen LogP contribution in [-0.2, 0) is 6.42 Å². The van der Waals surface area contributed by atoms with E-state index in [2.05, 4.69) is 26.8 Å². The lowest BCUT2D eigenvalue weighted by molar-refractivity contribution is 0.313. The first kappa shape index (κ1) is 23.7. The van der Waals surface area contributed by atoms with E-state index in [-0.39, 0.29) is 0 Å². The Labute approximate surface area is 195 Å². The van der Waals surface area contributed by atoms with Gasteiger partial charge in [0.2, 0.25) is 0 Å². The number of nitrogens with two attached hydrogens (primary N) is 1. The summed E-state index contributed by atoms with van der Waals surface area (Å²) < 4.78 is 7.33. The van der Waals surface area contributed by atoms with Gasteiger partial charge in [-0.15, -0.1) is 0 Å². The molecule has 0 spiro atoms. The van der Waals surface area contributed by atoms with Crippen molar-refractivity contribution < 1.29 is 4.74 Å². The number of para-hydroxylation sites is 2. The molecule has 0 atom stereocenters. The van der Waals surface area contributed by atoms with Crippen LogP contribution in [0.25, 0.3) is 5.69 Å². The summed E-state index contributed by atoms with van der Waals surface area (Å²) in [5.41, 5.74) is 8.17. The highest BCUT2D eigenvalue weighted by Crippen LogP contribution is 2.21. The van der Waals surface area contributed by atoms with Crippen LogP contribution >= 0.6 is 0 Å². The van der Waals surface area contributed by atoms with Gasteiger partial charge in [0, 0.05) is 26.1 Å². The molecule has 3 aromatic rings. The van der Waals surface area contributed by atoms with Gasteiger partial charge in [0.1, 0.15) is 23.2 Å². The van der Waals surface area contributed by atoms with E-state index >= 15 is 0 Å². The SMILES string of the molecule is CCNC(=NCCCOc1ccccc1)NCCCc1nn(-c2ccccc2)c(N)c1C#N. The molecule has 0 aliphatic heterocycles. The number of rotatable bonds is 11. The first-order valence-corrected chi connectivity index (χ1v) is 11.3. The molecule has 0 fully saturated rings. The zero-order valence-corrected chi connectivity index (χ0v) is 19.0. The molecule has 1 aromatic heterocycles. The number of hydrogen-bond donors (Lipinski definition) is 3. The fourth-order valence-corrected chi connectivity index (χ4v) is 3.31. The lowest BCUT2D eigenvalue weighted by atomic mass is 10.1. The molecule has 2 aromatic carbocycles. The molecule has 3 rings (SSSR count). The van der Waals surface area contributed by atoms with Gasteiger partial charge >= 0.3 is 0 Å². The highest BCUT2D eigenvalue weighted by molar-refractivity contribution is 5.79. The molecule has 0 aliphatic carbocycles. The molecule has 0 bridgehead atoms. The van der Waals surface area contributed by atoms with Crippen LogP contribution in [0.15, 0.2) is 65.7 Å². The van der Waals surface area contributed by atoms with E-state index in [1.165, 1.54) is 0 Å². The molecule has 0 unspecified atom stereocenters. The molecule has 0 radical (unpaired) electrons. The third-order valence-corrected chi connectivity index (χ3v) is 4.92. The third-order valence-electron chi connectivity index (χ3n) is 4.92. The standard InChI is InChI=1S/C25H31N7O/c1-2-28-25(30-17-10-18-33-21-13-7-4-8-14-21)29-16-9-15-23-22(19-26)24(27)32(31-23)20-11-5-3-6-12-20/h3-8,11-14H,2,9-10,15-18,27H2,1H3,(H2,28,29,30). The van der Waals surface area contributed by atoms with E-state index in [0.29, 0.717) is 43.2 Å². The highest BCUT2D eigenvalue weighted by atomic mass is 16.5. The summed E-state index contributed by atoms with van der Waals surface area (Å²) in [6.07, 6.45) is 2.26. The number of benzene rings is 2. The van der Waals surface area contributed by atoms with Gasteiger partial charge in [-0.3, -0.25) is 4.99 Å². The average molecular weight is 446 g/mol. The van der Waals surface area contributed by atoms with Crippen molar-refractivity contribution in [3.63, 3.8) is 0 Å². The Morgan fingerprint density at radius 1 is 1.09 bits per heavy atom. The average Bonchev–Trinajstić information content (AvgIpc) is 3.17.